The van der Waals surface area contributed by atoms with Crippen molar-refractivity contribution in [2.45, 2.75) is 114 Å². The molecule has 0 unspecified atom stereocenters. The number of ether oxygens (including phenoxy) is 1. The second-order valence-corrected chi connectivity index (χ2v) is 15.4. The number of aromatic amines is 2. The Balaban J connectivity index is 1.04. The summed E-state index contributed by atoms with van der Waals surface area (Å²) in [6, 6.07) is 4.97. The van der Waals surface area contributed by atoms with Crippen LogP contribution in [0.1, 0.15) is 118 Å². The van der Waals surface area contributed by atoms with Gasteiger partial charge in [-0.1, -0.05) is 38.1 Å². The van der Waals surface area contributed by atoms with Crippen molar-refractivity contribution in [3.05, 3.63) is 59.6 Å². The van der Waals surface area contributed by atoms with Gasteiger partial charge in [-0.25, -0.2) is 19.6 Å². The highest BCUT2D eigenvalue weighted by molar-refractivity contribution is 5.88. The quantitative estimate of drug-likeness (QED) is 0.154. The smallest absolute Gasteiger partial charge is 0.407 e. The molecule has 1 aliphatic carbocycles. The predicted octanol–water partition coefficient (Wildman–Crippen LogP) is 6.20. The molecule has 4 heterocycles. The van der Waals surface area contributed by atoms with E-state index in [0.717, 1.165) is 68.4 Å². The van der Waals surface area contributed by atoms with Gasteiger partial charge in [0, 0.05) is 37.9 Å². The first-order valence-electron chi connectivity index (χ1n) is 19.5. The van der Waals surface area contributed by atoms with E-state index in [0.29, 0.717) is 31.1 Å². The summed E-state index contributed by atoms with van der Waals surface area (Å²) in [7, 11) is 2.56. The Morgan fingerprint density at radius 2 is 1.43 bits per heavy atom. The zero-order chi connectivity index (χ0) is 40.1. The number of nitrogens with one attached hydrogen (secondary N) is 5. The summed E-state index contributed by atoms with van der Waals surface area (Å²) in [6.45, 7) is 4.69. The van der Waals surface area contributed by atoms with E-state index in [1.165, 1.54) is 17.5 Å². The SMILES string of the molecule is CNC(=O)N[C@H](C(=O)N1CCC[C@H]1c1ncc(-c2ccc(C3CCC(c4cnc([C@@H]5CCCN5C(=O)[C@H](CC(F)(F)F)NC(=O)OC)[nH]4)CC3)cc2)[nH]1)C(C)C. The minimum atomic E-state index is -4.66. The third-order valence-electron chi connectivity index (χ3n) is 11.4. The number of hydrogen-bond donors (Lipinski definition) is 5. The van der Waals surface area contributed by atoms with Gasteiger partial charge in [0.15, 0.2) is 0 Å². The molecule has 2 aliphatic heterocycles. The Kier molecular flexibility index (Phi) is 12.6. The molecule has 56 heavy (non-hydrogen) atoms. The summed E-state index contributed by atoms with van der Waals surface area (Å²) < 4.78 is 44.4. The van der Waals surface area contributed by atoms with Gasteiger partial charge in [0.05, 0.1) is 37.5 Å². The fourth-order valence-electron chi connectivity index (χ4n) is 8.42. The van der Waals surface area contributed by atoms with Gasteiger partial charge in [0.1, 0.15) is 23.7 Å². The van der Waals surface area contributed by atoms with Crippen LogP contribution < -0.4 is 16.0 Å². The number of aromatic nitrogens is 4. The first kappa shape index (κ1) is 40.6. The number of imidazole rings is 2. The van der Waals surface area contributed by atoms with Crippen molar-refractivity contribution in [1.82, 2.24) is 45.7 Å². The number of urea groups is 1. The van der Waals surface area contributed by atoms with Gasteiger partial charge >= 0.3 is 18.3 Å². The minimum absolute atomic E-state index is 0.0789. The molecule has 3 aromatic rings. The number of nitrogens with zero attached hydrogens (tertiary/aromatic N) is 4. The normalized spacial score (nSPS) is 22.5. The maximum atomic E-state index is 13.5. The molecular formula is C39H52F3N9O5. The van der Waals surface area contributed by atoms with Gasteiger partial charge in [-0.05, 0) is 74.3 Å². The average molecular weight is 784 g/mol. The summed E-state index contributed by atoms with van der Waals surface area (Å²) in [6.07, 6.45) is 2.91. The lowest BCUT2D eigenvalue weighted by molar-refractivity contribution is -0.154. The Morgan fingerprint density at radius 3 is 2.02 bits per heavy atom. The standard InChI is InChI=1S/C39H52F3N9O5/c1-22(2)32(49-37(54)43-3)36(53)51-18-6-8-31(51)34-45-21-29(47-34)26-15-11-24(12-16-26)23-9-13-25(14-10-23)28-20-44-33(46-28)30-7-5-17-50(30)35(52)27(19-39(40,41)42)48-38(55)56-4/h11-12,15-16,20-23,25,27,30-32H,5-10,13-14,17-19H2,1-4H3,(H,44,46)(H,45,47)(H,48,55)(H2,43,49,54)/t23?,25?,27-,30-,31-,32-/m0/s1. The molecule has 17 heteroatoms. The molecule has 0 radical (unpaired) electrons. The molecule has 6 rings (SSSR count). The van der Waals surface area contributed by atoms with Crippen LogP contribution in [0.15, 0.2) is 36.7 Å². The Hall–Kier alpha value is -5.09. The number of rotatable bonds is 11. The van der Waals surface area contributed by atoms with Gasteiger partial charge in [-0.15, -0.1) is 0 Å². The lowest BCUT2D eigenvalue weighted by Gasteiger charge is -2.30. The van der Waals surface area contributed by atoms with Crippen molar-refractivity contribution in [3.63, 3.8) is 0 Å². The van der Waals surface area contributed by atoms with E-state index in [9.17, 15) is 32.3 Å². The molecule has 0 bridgehead atoms. The van der Waals surface area contributed by atoms with Crippen LogP contribution in [-0.4, -0.2) is 99.2 Å². The second kappa shape index (κ2) is 17.4. The molecule has 2 aromatic heterocycles. The van der Waals surface area contributed by atoms with E-state index < -0.39 is 42.7 Å². The molecule has 0 spiro atoms. The Labute approximate surface area is 324 Å². The third-order valence-corrected chi connectivity index (χ3v) is 11.4. The van der Waals surface area contributed by atoms with Gasteiger partial charge in [0.25, 0.3) is 0 Å². The Morgan fingerprint density at radius 1 is 0.839 bits per heavy atom. The first-order valence-corrected chi connectivity index (χ1v) is 19.5. The molecule has 5 N–H and O–H groups in total. The molecule has 4 atom stereocenters. The summed E-state index contributed by atoms with van der Waals surface area (Å²) in [5.41, 5.74) is 4.06. The zero-order valence-electron chi connectivity index (χ0n) is 32.2. The highest BCUT2D eigenvalue weighted by atomic mass is 19.4. The molecule has 2 saturated heterocycles. The van der Waals surface area contributed by atoms with Crippen LogP contribution in [0.25, 0.3) is 11.3 Å². The number of alkyl halides is 3. The first-order chi connectivity index (χ1) is 26.8. The van der Waals surface area contributed by atoms with Crippen LogP contribution in [0, 0.1) is 5.92 Å². The number of alkyl carbamates (subject to hydrolysis) is 1. The van der Waals surface area contributed by atoms with Gasteiger partial charge in [-0.2, -0.15) is 13.2 Å². The molecule has 304 valence electrons. The maximum absolute atomic E-state index is 13.5. The lowest BCUT2D eigenvalue weighted by atomic mass is 9.77. The number of halogens is 3. The van der Waals surface area contributed by atoms with E-state index in [1.807, 2.05) is 18.7 Å². The van der Waals surface area contributed by atoms with Gasteiger partial charge in [-0.3, -0.25) is 9.59 Å². The zero-order valence-corrected chi connectivity index (χ0v) is 32.2. The molecule has 1 saturated carbocycles. The van der Waals surface area contributed by atoms with Crippen molar-refractivity contribution >= 4 is 23.9 Å². The van der Waals surface area contributed by atoms with E-state index in [4.69, 9.17) is 0 Å². The predicted molar refractivity (Wildman–Crippen MR) is 200 cm³/mol. The molecule has 1 aromatic carbocycles. The lowest BCUT2D eigenvalue weighted by Crippen LogP contribution is -2.53. The molecule has 14 nitrogen and oxygen atoms in total. The Bertz CT molecular complexity index is 1840. The average Bonchev–Trinajstić information content (AvgIpc) is 4.02. The number of benzene rings is 1. The second-order valence-electron chi connectivity index (χ2n) is 15.4. The van der Waals surface area contributed by atoms with Crippen LogP contribution in [0.3, 0.4) is 0 Å². The van der Waals surface area contributed by atoms with Crippen molar-refractivity contribution in [2.75, 3.05) is 27.2 Å². The number of carbonyl (C=O) groups excluding carboxylic acids is 4. The topological polar surface area (TPSA) is 177 Å². The molecule has 3 fully saturated rings. The summed E-state index contributed by atoms with van der Waals surface area (Å²) in [4.78, 5) is 69.9. The van der Waals surface area contributed by atoms with E-state index in [1.54, 1.807) is 12.4 Å². The fraction of sp³-hybridized carbons (Fsp3) is 0.590. The van der Waals surface area contributed by atoms with Crippen molar-refractivity contribution < 1.29 is 37.1 Å². The summed E-state index contributed by atoms with van der Waals surface area (Å²) in [5.74, 6) is 0.877. The van der Waals surface area contributed by atoms with Crippen LogP contribution in [-0.2, 0) is 14.3 Å². The monoisotopic (exact) mass is 783 g/mol. The van der Waals surface area contributed by atoms with Crippen LogP contribution >= 0.6 is 0 Å². The van der Waals surface area contributed by atoms with Crippen LogP contribution in [0.2, 0.25) is 0 Å². The third kappa shape index (κ3) is 9.29. The van der Waals surface area contributed by atoms with E-state index in [-0.39, 0.29) is 36.4 Å². The van der Waals surface area contributed by atoms with E-state index in [2.05, 4.69) is 64.9 Å². The van der Waals surface area contributed by atoms with Gasteiger partial charge < -0.3 is 40.5 Å². The van der Waals surface area contributed by atoms with Crippen LogP contribution in [0.5, 0.6) is 0 Å². The van der Waals surface area contributed by atoms with Crippen molar-refractivity contribution in [3.8, 4) is 11.3 Å². The number of methoxy groups -OCH3 is 1. The van der Waals surface area contributed by atoms with Gasteiger partial charge in [0.2, 0.25) is 11.8 Å². The minimum Gasteiger partial charge on any atom is -0.453 e. The maximum Gasteiger partial charge on any atom is 0.407 e. The van der Waals surface area contributed by atoms with Crippen molar-refractivity contribution in [1.29, 1.82) is 0 Å². The number of carbonyl (C=O) groups is 4. The summed E-state index contributed by atoms with van der Waals surface area (Å²) >= 11 is 0. The number of hydrogen-bond acceptors (Lipinski definition) is 7. The highest BCUT2D eigenvalue weighted by Crippen LogP contribution is 2.42. The van der Waals surface area contributed by atoms with Crippen LogP contribution in [0.4, 0.5) is 22.8 Å². The molecule has 5 amide bonds. The highest BCUT2D eigenvalue weighted by Gasteiger charge is 2.42. The largest absolute Gasteiger partial charge is 0.453 e. The fourth-order valence-corrected chi connectivity index (χ4v) is 8.42. The molecular weight excluding hydrogens is 731 g/mol. The number of H-pyrrole nitrogens is 2. The number of likely N-dealkylation sites (tertiary alicyclic amines) is 2. The number of amides is 5. The molecule has 3 aliphatic rings. The van der Waals surface area contributed by atoms with E-state index >= 15 is 0 Å². The summed E-state index contributed by atoms with van der Waals surface area (Å²) in [5, 5.41) is 7.38. The van der Waals surface area contributed by atoms with Crippen molar-refractivity contribution in [2.24, 2.45) is 5.92 Å².